The van der Waals surface area contributed by atoms with Crippen molar-refractivity contribution in [2.45, 2.75) is 27.2 Å². The van der Waals surface area contributed by atoms with Crippen LogP contribution in [-0.2, 0) is 0 Å². The van der Waals surface area contributed by atoms with Crippen molar-refractivity contribution < 1.29 is 0 Å². The van der Waals surface area contributed by atoms with Crippen LogP contribution in [-0.4, -0.2) is 21.7 Å². The van der Waals surface area contributed by atoms with Crippen molar-refractivity contribution in [3.63, 3.8) is 0 Å². The van der Waals surface area contributed by atoms with Gasteiger partial charge in [0.2, 0.25) is 5.95 Å². The summed E-state index contributed by atoms with van der Waals surface area (Å²) in [4.78, 5) is 4.40. The van der Waals surface area contributed by atoms with Crippen LogP contribution in [0, 0.1) is 12.8 Å². The van der Waals surface area contributed by atoms with Gasteiger partial charge in [0.25, 0.3) is 0 Å². The van der Waals surface area contributed by atoms with Crippen LogP contribution >= 0.6 is 11.6 Å². The molecule has 0 saturated carbocycles. The summed E-state index contributed by atoms with van der Waals surface area (Å²) >= 11 is 5.95. The van der Waals surface area contributed by atoms with E-state index in [1.165, 1.54) is 0 Å². The predicted octanol–water partition coefficient (Wildman–Crippen LogP) is 4.04. The fraction of sp³-hybridized carbons (Fsp3) is 0.400. The maximum atomic E-state index is 5.95. The molecule has 2 N–H and O–H groups in total. The van der Waals surface area contributed by atoms with E-state index < -0.39 is 0 Å². The lowest BCUT2D eigenvalue weighted by molar-refractivity contribution is 0.606. The molecule has 21 heavy (non-hydrogen) atoms. The van der Waals surface area contributed by atoms with Gasteiger partial charge in [0, 0.05) is 17.3 Å². The van der Waals surface area contributed by atoms with E-state index in [1.54, 1.807) is 6.20 Å². The van der Waals surface area contributed by atoms with E-state index in [0.717, 1.165) is 30.0 Å². The van der Waals surface area contributed by atoms with Crippen molar-refractivity contribution in [3.05, 3.63) is 35.0 Å². The SMILES string of the molecule is Cc1cc(Cl)ccc1Nc1nncc(NCCC(C)C)n1. The van der Waals surface area contributed by atoms with Crippen LogP contribution in [0.3, 0.4) is 0 Å². The fourth-order valence-electron chi connectivity index (χ4n) is 1.82. The van der Waals surface area contributed by atoms with Gasteiger partial charge in [-0.1, -0.05) is 25.4 Å². The summed E-state index contributed by atoms with van der Waals surface area (Å²) < 4.78 is 0. The quantitative estimate of drug-likeness (QED) is 0.843. The van der Waals surface area contributed by atoms with Gasteiger partial charge in [0.1, 0.15) is 0 Å². The summed E-state index contributed by atoms with van der Waals surface area (Å²) in [5.41, 5.74) is 1.95. The molecule has 0 fully saturated rings. The van der Waals surface area contributed by atoms with Crippen LogP contribution in [0.15, 0.2) is 24.4 Å². The first kappa shape index (κ1) is 15.5. The number of aromatic nitrogens is 3. The number of halogens is 1. The summed E-state index contributed by atoms with van der Waals surface area (Å²) in [7, 11) is 0. The third-order valence-corrected chi connectivity index (χ3v) is 3.26. The second-order valence-corrected chi connectivity index (χ2v) is 5.80. The van der Waals surface area contributed by atoms with Gasteiger partial charge in [-0.15, -0.1) is 5.10 Å². The molecule has 0 aliphatic carbocycles. The summed E-state index contributed by atoms with van der Waals surface area (Å²) in [6, 6.07) is 5.62. The molecule has 5 nitrogen and oxygen atoms in total. The van der Waals surface area contributed by atoms with E-state index in [4.69, 9.17) is 11.6 Å². The Labute approximate surface area is 130 Å². The van der Waals surface area contributed by atoms with Gasteiger partial charge in [-0.3, -0.25) is 0 Å². The molecule has 2 aromatic rings. The number of nitrogens with zero attached hydrogens (tertiary/aromatic N) is 3. The second-order valence-electron chi connectivity index (χ2n) is 5.36. The van der Waals surface area contributed by atoms with E-state index in [2.05, 4.69) is 39.7 Å². The van der Waals surface area contributed by atoms with Crippen molar-refractivity contribution in [1.82, 2.24) is 15.2 Å². The van der Waals surface area contributed by atoms with Gasteiger partial charge in [0.05, 0.1) is 6.20 Å². The van der Waals surface area contributed by atoms with E-state index in [9.17, 15) is 0 Å². The molecule has 0 radical (unpaired) electrons. The molecule has 0 atom stereocenters. The molecule has 0 aliphatic rings. The lowest BCUT2D eigenvalue weighted by Crippen LogP contribution is -2.08. The molecule has 0 aliphatic heterocycles. The lowest BCUT2D eigenvalue weighted by atomic mass is 10.1. The Balaban J connectivity index is 2.03. The summed E-state index contributed by atoms with van der Waals surface area (Å²) in [6.45, 7) is 7.23. The highest BCUT2D eigenvalue weighted by molar-refractivity contribution is 6.30. The van der Waals surface area contributed by atoms with Crippen LogP contribution in [0.2, 0.25) is 5.02 Å². The highest BCUT2D eigenvalue weighted by Gasteiger charge is 2.04. The Morgan fingerprint density at radius 3 is 2.81 bits per heavy atom. The number of nitrogens with one attached hydrogen (secondary N) is 2. The Morgan fingerprint density at radius 1 is 1.29 bits per heavy atom. The molecule has 0 unspecified atom stereocenters. The summed E-state index contributed by atoms with van der Waals surface area (Å²) in [6.07, 6.45) is 2.71. The molecule has 6 heteroatoms. The van der Waals surface area contributed by atoms with Crippen LogP contribution in [0.25, 0.3) is 0 Å². The lowest BCUT2D eigenvalue weighted by Gasteiger charge is -2.10. The minimum Gasteiger partial charge on any atom is -0.369 e. The average Bonchev–Trinajstić information content (AvgIpc) is 2.42. The molecule has 0 spiro atoms. The number of aryl methyl sites for hydroxylation is 1. The number of rotatable bonds is 6. The van der Waals surface area contributed by atoms with Crippen LogP contribution < -0.4 is 10.6 Å². The minimum atomic E-state index is 0.468. The smallest absolute Gasteiger partial charge is 0.249 e. The Hall–Kier alpha value is -1.88. The molecule has 112 valence electrons. The summed E-state index contributed by atoms with van der Waals surface area (Å²) in [5, 5.41) is 15.1. The van der Waals surface area contributed by atoms with Crippen molar-refractivity contribution in [2.75, 3.05) is 17.2 Å². The molecule has 1 aromatic carbocycles. The maximum Gasteiger partial charge on any atom is 0.249 e. The fourth-order valence-corrected chi connectivity index (χ4v) is 2.05. The zero-order chi connectivity index (χ0) is 15.2. The van der Waals surface area contributed by atoms with Crippen LogP contribution in [0.4, 0.5) is 17.5 Å². The first-order chi connectivity index (χ1) is 10.0. The standard InChI is InChI=1S/C15H20ClN5/c1-10(2)6-7-17-14-9-18-21-15(20-14)19-13-5-4-12(16)8-11(13)3/h4-5,8-10H,6-7H2,1-3H3,(H2,17,19,20,21). The second kappa shape index (κ2) is 7.22. The largest absolute Gasteiger partial charge is 0.369 e. The van der Waals surface area contributed by atoms with Gasteiger partial charge >= 0.3 is 0 Å². The van der Waals surface area contributed by atoms with E-state index in [-0.39, 0.29) is 0 Å². The Bertz CT molecular complexity index is 600. The predicted molar refractivity (Wildman–Crippen MR) is 87.2 cm³/mol. The number of hydrogen-bond acceptors (Lipinski definition) is 5. The first-order valence-electron chi connectivity index (χ1n) is 7.01. The molecular formula is C15H20ClN5. The Morgan fingerprint density at radius 2 is 2.10 bits per heavy atom. The monoisotopic (exact) mass is 305 g/mol. The molecule has 1 heterocycles. The highest BCUT2D eigenvalue weighted by Crippen LogP contribution is 2.22. The molecule has 0 saturated heterocycles. The normalized spacial score (nSPS) is 10.7. The first-order valence-corrected chi connectivity index (χ1v) is 7.39. The van der Waals surface area contributed by atoms with Gasteiger partial charge in [-0.05, 0) is 43.0 Å². The molecule has 2 rings (SSSR count). The van der Waals surface area contributed by atoms with E-state index in [0.29, 0.717) is 16.9 Å². The average molecular weight is 306 g/mol. The molecule has 0 bridgehead atoms. The third-order valence-electron chi connectivity index (χ3n) is 3.02. The zero-order valence-corrected chi connectivity index (χ0v) is 13.3. The van der Waals surface area contributed by atoms with Crippen molar-refractivity contribution in [3.8, 4) is 0 Å². The van der Waals surface area contributed by atoms with Gasteiger partial charge < -0.3 is 10.6 Å². The van der Waals surface area contributed by atoms with Gasteiger partial charge in [-0.2, -0.15) is 10.1 Å². The number of anilines is 3. The minimum absolute atomic E-state index is 0.468. The van der Waals surface area contributed by atoms with Crippen molar-refractivity contribution >= 4 is 29.1 Å². The summed E-state index contributed by atoms with van der Waals surface area (Å²) in [5.74, 6) is 1.84. The van der Waals surface area contributed by atoms with E-state index in [1.807, 2.05) is 25.1 Å². The molecule has 1 aromatic heterocycles. The van der Waals surface area contributed by atoms with Gasteiger partial charge in [0.15, 0.2) is 5.82 Å². The number of hydrogen-bond donors (Lipinski definition) is 2. The van der Waals surface area contributed by atoms with Gasteiger partial charge in [-0.25, -0.2) is 0 Å². The topological polar surface area (TPSA) is 62.7 Å². The highest BCUT2D eigenvalue weighted by atomic mass is 35.5. The molecular weight excluding hydrogens is 286 g/mol. The number of benzene rings is 1. The Kier molecular flexibility index (Phi) is 5.33. The third kappa shape index (κ3) is 4.86. The van der Waals surface area contributed by atoms with E-state index >= 15 is 0 Å². The van der Waals surface area contributed by atoms with Crippen LogP contribution in [0.5, 0.6) is 0 Å². The molecule has 0 amide bonds. The maximum absolute atomic E-state index is 5.95. The van der Waals surface area contributed by atoms with Crippen molar-refractivity contribution in [2.24, 2.45) is 5.92 Å². The van der Waals surface area contributed by atoms with Crippen LogP contribution in [0.1, 0.15) is 25.8 Å². The zero-order valence-electron chi connectivity index (χ0n) is 12.5. The van der Waals surface area contributed by atoms with Crippen molar-refractivity contribution in [1.29, 1.82) is 0 Å².